The number of carbonyl (C=O) groups excluding carboxylic acids is 1. The number of hydrogen-bond donors (Lipinski definition) is 2. The number of hydrogen-bond acceptors (Lipinski definition) is 5. The van der Waals surface area contributed by atoms with Gasteiger partial charge in [0, 0.05) is 13.1 Å². The summed E-state index contributed by atoms with van der Waals surface area (Å²) in [6.45, 7) is 1.78. The summed E-state index contributed by atoms with van der Waals surface area (Å²) in [4.78, 5) is 14.3. The molecule has 8 heteroatoms. The van der Waals surface area contributed by atoms with Gasteiger partial charge in [0.15, 0.2) is 11.5 Å². The van der Waals surface area contributed by atoms with E-state index < -0.39 is 6.04 Å². The summed E-state index contributed by atoms with van der Waals surface area (Å²) in [7, 11) is 5.59. The van der Waals surface area contributed by atoms with E-state index in [0.717, 1.165) is 17.7 Å². The van der Waals surface area contributed by atoms with E-state index in [4.69, 9.17) is 15.2 Å². The number of nitrogens with zero attached hydrogens (tertiary/aromatic N) is 1. The summed E-state index contributed by atoms with van der Waals surface area (Å²) in [6, 6.07) is 14.8. The molecule has 3 N–H and O–H groups in total. The monoisotopic (exact) mass is 443 g/mol. The zero-order valence-electron chi connectivity index (χ0n) is 17.1. The molecule has 6 nitrogen and oxygen atoms in total. The molecule has 0 aromatic heterocycles. The van der Waals surface area contributed by atoms with Crippen molar-refractivity contribution in [2.45, 2.75) is 19.0 Å². The van der Waals surface area contributed by atoms with Gasteiger partial charge in [0.05, 0.1) is 13.2 Å². The second kappa shape index (κ2) is 14.1. The van der Waals surface area contributed by atoms with Crippen molar-refractivity contribution in [1.29, 1.82) is 0 Å². The maximum atomic E-state index is 12.3. The highest BCUT2D eigenvalue weighted by Gasteiger charge is 2.14. The number of nitrogens with one attached hydrogen (secondary N) is 1. The Kier molecular flexibility index (Phi) is 13.1. The predicted octanol–water partition coefficient (Wildman–Crippen LogP) is 2.67. The number of nitrogens with two attached hydrogens (primary N) is 1. The van der Waals surface area contributed by atoms with Gasteiger partial charge in [-0.2, -0.15) is 0 Å². The molecule has 1 unspecified atom stereocenters. The van der Waals surface area contributed by atoms with Crippen molar-refractivity contribution in [3.05, 3.63) is 59.7 Å². The van der Waals surface area contributed by atoms with Crippen LogP contribution in [0, 0.1) is 0 Å². The molecule has 0 aliphatic rings. The summed E-state index contributed by atoms with van der Waals surface area (Å²) in [5.41, 5.74) is 7.98. The summed E-state index contributed by atoms with van der Waals surface area (Å²) in [5, 5.41) is 2.88. The second-order valence-electron chi connectivity index (χ2n) is 6.65. The number of ether oxygens (including phenoxy) is 2. The first-order valence-corrected chi connectivity index (χ1v) is 9.01. The van der Waals surface area contributed by atoms with Crippen molar-refractivity contribution in [2.75, 3.05) is 34.4 Å². The Bertz CT molecular complexity index is 730. The summed E-state index contributed by atoms with van der Waals surface area (Å²) < 4.78 is 11.2. The molecule has 2 aromatic carbocycles. The first-order valence-electron chi connectivity index (χ1n) is 9.01. The van der Waals surface area contributed by atoms with Crippen LogP contribution in [-0.2, 0) is 17.8 Å². The smallest absolute Gasteiger partial charge is 0.237 e. The fraction of sp³-hybridized carbons (Fsp3) is 0.381. The molecule has 0 saturated heterocycles. The third-order valence-corrected chi connectivity index (χ3v) is 4.13. The lowest BCUT2D eigenvalue weighted by Gasteiger charge is -2.15. The lowest BCUT2D eigenvalue weighted by atomic mass is 10.1. The number of halogens is 2. The van der Waals surface area contributed by atoms with Crippen molar-refractivity contribution in [1.82, 2.24) is 10.2 Å². The van der Waals surface area contributed by atoms with Gasteiger partial charge in [0.2, 0.25) is 5.91 Å². The molecule has 0 aliphatic heterocycles. The van der Waals surface area contributed by atoms with Crippen LogP contribution in [0.1, 0.15) is 11.1 Å². The molecule has 0 saturated carbocycles. The highest BCUT2D eigenvalue weighted by Crippen LogP contribution is 2.28. The van der Waals surface area contributed by atoms with Crippen LogP contribution in [0.4, 0.5) is 0 Å². The molecule has 0 radical (unpaired) electrons. The number of methoxy groups -OCH3 is 1. The number of benzene rings is 2. The molecule has 162 valence electrons. The number of rotatable bonds is 10. The zero-order valence-corrected chi connectivity index (χ0v) is 18.7. The average Bonchev–Trinajstić information content (AvgIpc) is 2.67. The van der Waals surface area contributed by atoms with Crippen LogP contribution < -0.4 is 20.5 Å². The third kappa shape index (κ3) is 9.37. The molecule has 2 aromatic rings. The molecule has 1 atom stereocenters. The SMILES string of the molecule is COc1cc(CNC(=O)C(N)Cc2ccccc2)ccc1OCCN(C)C.Cl.Cl. The summed E-state index contributed by atoms with van der Waals surface area (Å²) in [5.74, 6) is 1.16. The average molecular weight is 444 g/mol. The predicted molar refractivity (Wildman–Crippen MR) is 122 cm³/mol. The van der Waals surface area contributed by atoms with E-state index in [0.29, 0.717) is 31.1 Å². The highest BCUT2D eigenvalue weighted by atomic mass is 35.5. The maximum Gasteiger partial charge on any atom is 0.237 e. The quantitative estimate of drug-likeness (QED) is 0.589. The normalized spacial score (nSPS) is 11.1. The second-order valence-corrected chi connectivity index (χ2v) is 6.65. The van der Waals surface area contributed by atoms with Crippen LogP contribution in [0.5, 0.6) is 11.5 Å². The van der Waals surface area contributed by atoms with E-state index in [1.54, 1.807) is 7.11 Å². The topological polar surface area (TPSA) is 76.8 Å². The van der Waals surface area contributed by atoms with Crippen LogP contribution in [-0.4, -0.2) is 51.2 Å². The summed E-state index contributed by atoms with van der Waals surface area (Å²) >= 11 is 0. The molecule has 0 fully saturated rings. The lowest BCUT2D eigenvalue weighted by molar-refractivity contribution is -0.122. The van der Waals surface area contributed by atoms with Gasteiger partial charge in [-0.05, 0) is 43.8 Å². The molecule has 29 heavy (non-hydrogen) atoms. The molecule has 1 amide bonds. The molecule has 0 bridgehead atoms. The Morgan fingerprint density at radius 1 is 1.07 bits per heavy atom. The standard InChI is InChI=1S/C21H29N3O3.2ClH/c1-24(2)11-12-27-19-10-9-17(14-20(19)26-3)15-23-21(25)18(22)13-16-7-5-4-6-8-16;;/h4-10,14,18H,11-13,15,22H2,1-3H3,(H,23,25);2*1H. The van der Waals surface area contributed by atoms with Gasteiger partial charge in [0.25, 0.3) is 0 Å². The van der Waals surface area contributed by atoms with E-state index in [9.17, 15) is 4.79 Å². The van der Waals surface area contributed by atoms with Gasteiger partial charge >= 0.3 is 0 Å². The number of amides is 1. The van der Waals surface area contributed by atoms with Gasteiger partial charge in [-0.1, -0.05) is 36.4 Å². The molecular formula is C21H31Cl2N3O3. The van der Waals surface area contributed by atoms with Crippen LogP contribution in [0.25, 0.3) is 0 Å². The van der Waals surface area contributed by atoms with E-state index in [-0.39, 0.29) is 30.7 Å². The molecule has 0 aliphatic carbocycles. The fourth-order valence-corrected chi connectivity index (χ4v) is 2.56. The lowest BCUT2D eigenvalue weighted by Crippen LogP contribution is -2.41. The Morgan fingerprint density at radius 2 is 1.76 bits per heavy atom. The van der Waals surface area contributed by atoms with Crippen molar-refractivity contribution >= 4 is 30.7 Å². The highest BCUT2D eigenvalue weighted by molar-refractivity contribution is 5.85. The van der Waals surface area contributed by atoms with Crippen LogP contribution in [0.15, 0.2) is 48.5 Å². The Balaban J connectivity index is 0.00000392. The van der Waals surface area contributed by atoms with Crippen molar-refractivity contribution in [3.8, 4) is 11.5 Å². The third-order valence-electron chi connectivity index (χ3n) is 4.13. The van der Waals surface area contributed by atoms with Crippen LogP contribution >= 0.6 is 24.8 Å². The number of carbonyl (C=O) groups is 1. The van der Waals surface area contributed by atoms with Gasteiger partial charge < -0.3 is 25.4 Å². The van der Waals surface area contributed by atoms with E-state index in [2.05, 4.69) is 10.2 Å². The van der Waals surface area contributed by atoms with Gasteiger partial charge in [-0.25, -0.2) is 0 Å². The Morgan fingerprint density at radius 3 is 2.38 bits per heavy atom. The van der Waals surface area contributed by atoms with Gasteiger partial charge in [-0.3, -0.25) is 4.79 Å². The Hall–Kier alpha value is -1.99. The van der Waals surface area contributed by atoms with E-state index in [1.165, 1.54) is 0 Å². The first kappa shape index (κ1) is 27.0. The fourth-order valence-electron chi connectivity index (χ4n) is 2.56. The van der Waals surface area contributed by atoms with Gasteiger partial charge in [0.1, 0.15) is 6.61 Å². The van der Waals surface area contributed by atoms with Gasteiger partial charge in [-0.15, -0.1) is 24.8 Å². The minimum Gasteiger partial charge on any atom is -0.493 e. The van der Waals surface area contributed by atoms with Crippen molar-refractivity contribution in [3.63, 3.8) is 0 Å². The molecular weight excluding hydrogens is 413 g/mol. The van der Waals surface area contributed by atoms with E-state index in [1.807, 2.05) is 62.6 Å². The largest absolute Gasteiger partial charge is 0.493 e. The minimum atomic E-state index is -0.581. The molecule has 2 rings (SSSR count). The first-order chi connectivity index (χ1) is 13.0. The minimum absolute atomic E-state index is 0. The van der Waals surface area contributed by atoms with Crippen molar-refractivity contribution < 1.29 is 14.3 Å². The Labute approximate surface area is 185 Å². The number of likely N-dealkylation sites (N-methyl/N-ethyl adjacent to an activating group) is 1. The van der Waals surface area contributed by atoms with E-state index >= 15 is 0 Å². The molecule has 0 heterocycles. The summed E-state index contributed by atoms with van der Waals surface area (Å²) in [6.07, 6.45) is 0.509. The maximum absolute atomic E-state index is 12.3. The zero-order chi connectivity index (χ0) is 19.6. The molecule has 0 spiro atoms. The van der Waals surface area contributed by atoms with Crippen LogP contribution in [0.2, 0.25) is 0 Å². The van der Waals surface area contributed by atoms with Crippen molar-refractivity contribution in [2.24, 2.45) is 5.73 Å². The van der Waals surface area contributed by atoms with Crippen LogP contribution in [0.3, 0.4) is 0 Å².